The summed E-state index contributed by atoms with van der Waals surface area (Å²) in [5.74, 6) is 0.997. The second kappa shape index (κ2) is 7.68. The number of allylic oxidation sites excluding steroid dienone is 2. The lowest BCUT2D eigenvalue weighted by Crippen LogP contribution is -2.21. The Morgan fingerprint density at radius 3 is 2.59 bits per heavy atom. The maximum absolute atomic E-state index is 6.05. The Labute approximate surface area is 144 Å². The molecular weight excluding hydrogens is 336 g/mol. The van der Waals surface area contributed by atoms with Crippen LogP contribution in [0.2, 0.25) is 0 Å². The maximum Gasteiger partial charge on any atom is 0.133 e. The van der Waals surface area contributed by atoms with E-state index in [1.54, 1.807) is 0 Å². The van der Waals surface area contributed by atoms with Crippen molar-refractivity contribution in [3.63, 3.8) is 0 Å². The third-order valence-electron chi connectivity index (χ3n) is 4.65. The van der Waals surface area contributed by atoms with E-state index in [2.05, 4.69) is 61.8 Å². The summed E-state index contributed by atoms with van der Waals surface area (Å²) in [5.41, 5.74) is 4.34. The third-order valence-corrected chi connectivity index (χ3v) is 5.27. The fourth-order valence-electron chi connectivity index (χ4n) is 3.07. The zero-order valence-corrected chi connectivity index (χ0v) is 16.1. The maximum atomic E-state index is 6.05. The first kappa shape index (κ1) is 17.6. The number of rotatable bonds is 7. The lowest BCUT2D eigenvalue weighted by molar-refractivity contribution is 0.301. The Morgan fingerprint density at radius 1 is 1.14 bits per heavy atom. The van der Waals surface area contributed by atoms with Crippen LogP contribution in [0.5, 0.6) is 5.75 Å². The van der Waals surface area contributed by atoms with E-state index < -0.39 is 0 Å². The Balaban J connectivity index is 2.06. The SMILES string of the molecule is CCCCCCCOc1cc2c(cc1Br)C(C)=CCC2(C)C. The first-order valence-electron chi connectivity index (χ1n) is 8.59. The molecule has 122 valence electrons. The molecule has 1 nitrogen and oxygen atoms in total. The van der Waals surface area contributed by atoms with Crippen LogP contribution in [-0.4, -0.2) is 6.61 Å². The van der Waals surface area contributed by atoms with Gasteiger partial charge in [0.2, 0.25) is 0 Å². The van der Waals surface area contributed by atoms with E-state index in [9.17, 15) is 0 Å². The van der Waals surface area contributed by atoms with E-state index >= 15 is 0 Å². The molecule has 1 aromatic rings. The first-order chi connectivity index (χ1) is 10.5. The monoisotopic (exact) mass is 364 g/mol. The quantitative estimate of drug-likeness (QED) is 0.478. The van der Waals surface area contributed by atoms with Crippen LogP contribution in [0.4, 0.5) is 0 Å². The van der Waals surface area contributed by atoms with Crippen LogP contribution in [0.1, 0.15) is 77.3 Å². The molecule has 1 aliphatic rings. The van der Waals surface area contributed by atoms with Gasteiger partial charge >= 0.3 is 0 Å². The molecule has 0 heterocycles. The summed E-state index contributed by atoms with van der Waals surface area (Å²) < 4.78 is 7.12. The summed E-state index contributed by atoms with van der Waals surface area (Å²) in [5, 5.41) is 0. The van der Waals surface area contributed by atoms with Gasteiger partial charge in [0, 0.05) is 0 Å². The fraction of sp³-hybridized carbons (Fsp3) is 0.600. The molecule has 0 saturated carbocycles. The molecular formula is C20H29BrO. The van der Waals surface area contributed by atoms with Crippen molar-refractivity contribution in [3.05, 3.63) is 33.8 Å². The van der Waals surface area contributed by atoms with Crippen LogP contribution in [0, 0.1) is 0 Å². The zero-order chi connectivity index (χ0) is 16.2. The van der Waals surface area contributed by atoms with Gasteiger partial charge in [-0.3, -0.25) is 0 Å². The molecule has 0 fully saturated rings. The van der Waals surface area contributed by atoms with Gasteiger partial charge in [0.1, 0.15) is 5.75 Å². The lowest BCUT2D eigenvalue weighted by Gasteiger charge is -2.32. The highest BCUT2D eigenvalue weighted by molar-refractivity contribution is 9.10. The molecule has 0 aromatic heterocycles. The summed E-state index contributed by atoms with van der Waals surface area (Å²) in [6, 6.07) is 4.48. The number of fused-ring (bicyclic) bond motifs is 1. The van der Waals surface area contributed by atoms with Crippen molar-refractivity contribution < 1.29 is 4.74 Å². The molecule has 0 radical (unpaired) electrons. The Morgan fingerprint density at radius 2 is 1.86 bits per heavy atom. The largest absolute Gasteiger partial charge is 0.492 e. The van der Waals surface area contributed by atoms with Crippen molar-refractivity contribution in [1.82, 2.24) is 0 Å². The smallest absolute Gasteiger partial charge is 0.133 e. The summed E-state index contributed by atoms with van der Waals surface area (Å²) in [4.78, 5) is 0. The second-order valence-corrected chi connectivity index (χ2v) is 7.92. The van der Waals surface area contributed by atoms with Crippen LogP contribution < -0.4 is 4.74 Å². The topological polar surface area (TPSA) is 9.23 Å². The van der Waals surface area contributed by atoms with Gasteiger partial charge in [0.05, 0.1) is 11.1 Å². The third kappa shape index (κ3) is 4.16. The van der Waals surface area contributed by atoms with Gasteiger partial charge in [-0.1, -0.05) is 52.5 Å². The van der Waals surface area contributed by atoms with Gasteiger partial charge in [-0.25, -0.2) is 0 Å². The van der Waals surface area contributed by atoms with Gasteiger partial charge in [-0.2, -0.15) is 0 Å². The highest BCUT2D eigenvalue weighted by atomic mass is 79.9. The van der Waals surface area contributed by atoms with Gasteiger partial charge < -0.3 is 4.74 Å². The average Bonchev–Trinajstić information content (AvgIpc) is 2.48. The predicted octanol–water partition coefficient (Wildman–Crippen LogP) is 6.88. The minimum Gasteiger partial charge on any atom is -0.492 e. The standard InChI is InChI=1S/C20H29BrO/c1-5-6-7-8-9-12-22-19-14-17-16(13-18(19)21)15(2)10-11-20(17,3)4/h10,13-14H,5-9,11-12H2,1-4H3. The molecule has 2 rings (SSSR count). The molecule has 1 aromatic carbocycles. The molecule has 0 unspecified atom stereocenters. The molecule has 1 aliphatic carbocycles. The number of ether oxygens (including phenoxy) is 1. The highest BCUT2D eigenvalue weighted by Crippen LogP contribution is 2.43. The normalized spacial score (nSPS) is 16.1. The van der Waals surface area contributed by atoms with E-state index in [0.29, 0.717) is 0 Å². The number of halogens is 1. The molecule has 0 spiro atoms. The van der Waals surface area contributed by atoms with Crippen LogP contribution in [-0.2, 0) is 5.41 Å². The summed E-state index contributed by atoms with van der Waals surface area (Å²) in [6.45, 7) is 9.90. The van der Waals surface area contributed by atoms with Crippen molar-refractivity contribution in [2.45, 2.75) is 71.6 Å². The molecule has 0 amide bonds. The highest BCUT2D eigenvalue weighted by Gasteiger charge is 2.28. The van der Waals surface area contributed by atoms with Crippen molar-refractivity contribution in [1.29, 1.82) is 0 Å². The van der Waals surface area contributed by atoms with E-state index in [4.69, 9.17) is 4.74 Å². The zero-order valence-electron chi connectivity index (χ0n) is 14.5. The van der Waals surface area contributed by atoms with Crippen LogP contribution >= 0.6 is 15.9 Å². The summed E-state index contributed by atoms with van der Waals surface area (Å²) in [7, 11) is 0. The number of hydrogen-bond acceptors (Lipinski definition) is 1. The Kier molecular flexibility index (Phi) is 6.14. The summed E-state index contributed by atoms with van der Waals surface area (Å²) >= 11 is 3.68. The van der Waals surface area contributed by atoms with Crippen molar-refractivity contribution in [2.24, 2.45) is 0 Å². The number of benzene rings is 1. The van der Waals surface area contributed by atoms with E-state index in [0.717, 1.165) is 29.7 Å². The van der Waals surface area contributed by atoms with Crippen molar-refractivity contribution >= 4 is 21.5 Å². The van der Waals surface area contributed by atoms with Gasteiger partial charge in [0.15, 0.2) is 0 Å². The number of unbranched alkanes of at least 4 members (excludes halogenated alkanes) is 4. The van der Waals surface area contributed by atoms with Gasteiger partial charge in [-0.15, -0.1) is 0 Å². The number of hydrogen-bond donors (Lipinski definition) is 0. The van der Waals surface area contributed by atoms with Crippen LogP contribution in [0.3, 0.4) is 0 Å². The first-order valence-corrected chi connectivity index (χ1v) is 9.39. The Bertz CT molecular complexity index is 543. The molecule has 0 bridgehead atoms. The minimum absolute atomic E-state index is 0.189. The molecule has 0 atom stereocenters. The van der Waals surface area contributed by atoms with E-state index in [1.807, 2.05) is 0 Å². The van der Waals surface area contributed by atoms with E-state index in [1.165, 1.54) is 42.4 Å². The second-order valence-electron chi connectivity index (χ2n) is 7.07. The molecule has 2 heteroatoms. The van der Waals surface area contributed by atoms with Crippen molar-refractivity contribution in [2.75, 3.05) is 6.61 Å². The lowest BCUT2D eigenvalue weighted by atomic mass is 9.73. The molecule has 0 aliphatic heterocycles. The van der Waals surface area contributed by atoms with Crippen molar-refractivity contribution in [3.8, 4) is 5.75 Å². The molecule has 22 heavy (non-hydrogen) atoms. The van der Waals surface area contributed by atoms with Gasteiger partial charge in [0.25, 0.3) is 0 Å². The molecule has 0 saturated heterocycles. The minimum atomic E-state index is 0.189. The van der Waals surface area contributed by atoms with E-state index in [-0.39, 0.29) is 5.41 Å². The summed E-state index contributed by atoms with van der Waals surface area (Å²) in [6.07, 6.45) is 9.81. The van der Waals surface area contributed by atoms with Gasteiger partial charge in [-0.05, 0) is 69.9 Å². The average molecular weight is 365 g/mol. The Hall–Kier alpha value is -0.760. The predicted molar refractivity (Wildman–Crippen MR) is 99.7 cm³/mol. The van der Waals surface area contributed by atoms with Crippen LogP contribution in [0.25, 0.3) is 5.57 Å². The molecule has 0 N–H and O–H groups in total. The fourth-order valence-corrected chi connectivity index (χ4v) is 3.52. The van der Waals surface area contributed by atoms with Crippen LogP contribution in [0.15, 0.2) is 22.7 Å².